The highest BCUT2D eigenvalue weighted by atomic mass is 32.2. The third-order valence-corrected chi connectivity index (χ3v) is 8.96. The summed E-state index contributed by atoms with van der Waals surface area (Å²) >= 11 is 0. The number of hydrogen-bond acceptors (Lipinski definition) is 4. The Balaban J connectivity index is 1.23. The van der Waals surface area contributed by atoms with E-state index in [1.54, 1.807) is 18.2 Å². The molecule has 6 nitrogen and oxygen atoms in total. The lowest BCUT2D eigenvalue weighted by Crippen LogP contribution is -2.42. The van der Waals surface area contributed by atoms with Crippen molar-refractivity contribution in [2.24, 2.45) is 0 Å². The third kappa shape index (κ3) is 6.32. The second kappa shape index (κ2) is 12.3. The molecule has 5 aromatic carbocycles. The minimum absolute atomic E-state index is 0.0706. The summed E-state index contributed by atoms with van der Waals surface area (Å²) in [7, 11) is -4.16. The Morgan fingerprint density at radius 1 is 0.750 bits per heavy atom. The van der Waals surface area contributed by atoms with Crippen LogP contribution in [0.15, 0.2) is 137 Å². The first-order valence-electron chi connectivity index (χ1n) is 14.0. The van der Waals surface area contributed by atoms with Gasteiger partial charge in [0.05, 0.1) is 4.90 Å². The van der Waals surface area contributed by atoms with Crippen molar-refractivity contribution in [3.05, 3.63) is 150 Å². The molecule has 0 amide bonds. The normalized spacial score (nSPS) is 12.3. The van der Waals surface area contributed by atoms with E-state index in [0.717, 1.165) is 44.5 Å². The molecule has 0 unspecified atom stereocenters. The molecule has 6 rings (SSSR count). The summed E-state index contributed by atoms with van der Waals surface area (Å²) in [5.74, 6) is -1.000. The maximum Gasteiger partial charge on any atom is 0.322 e. The molecule has 0 bridgehead atoms. The SMILES string of the molecule is O=C(O)[C@H](Cc1cccc(F)c1)NS(=O)(=O)c1ccc(-c2ccc(-c3c(Cc4ccccc4)oc4ccccc34)cc2)cc1. The van der Waals surface area contributed by atoms with E-state index >= 15 is 0 Å². The van der Waals surface area contributed by atoms with Crippen molar-refractivity contribution < 1.29 is 27.1 Å². The average Bonchev–Trinajstić information content (AvgIpc) is 3.39. The summed E-state index contributed by atoms with van der Waals surface area (Å²) in [6.45, 7) is 0. The number of para-hydroxylation sites is 1. The van der Waals surface area contributed by atoms with E-state index in [0.29, 0.717) is 12.0 Å². The molecule has 0 spiro atoms. The van der Waals surface area contributed by atoms with E-state index in [1.165, 1.54) is 30.3 Å². The first-order chi connectivity index (χ1) is 21.3. The topological polar surface area (TPSA) is 96.6 Å². The van der Waals surface area contributed by atoms with Gasteiger partial charge in [-0.3, -0.25) is 4.79 Å². The molecule has 0 aliphatic carbocycles. The molecule has 1 heterocycles. The Kier molecular flexibility index (Phi) is 8.11. The molecule has 6 aromatic rings. The van der Waals surface area contributed by atoms with Gasteiger partial charge in [-0.15, -0.1) is 0 Å². The molecule has 0 aliphatic heterocycles. The van der Waals surface area contributed by atoms with Crippen LogP contribution in [0.2, 0.25) is 0 Å². The molecule has 8 heteroatoms. The molecule has 1 aromatic heterocycles. The van der Waals surface area contributed by atoms with Gasteiger partial charge < -0.3 is 9.52 Å². The Labute approximate surface area is 254 Å². The molecular weight excluding hydrogens is 577 g/mol. The Morgan fingerprint density at radius 3 is 2.05 bits per heavy atom. The second-order valence-corrected chi connectivity index (χ2v) is 12.2. The molecule has 0 saturated heterocycles. The first-order valence-corrected chi connectivity index (χ1v) is 15.5. The lowest BCUT2D eigenvalue weighted by Gasteiger charge is -2.15. The van der Waals surface area contributed by atoms with Crippen LogP contribution in [-0.4, -0.2) is 25.5 Å². The van der Waals surface area contributed by atoms with Crippen LogP contribution in [0.4, 0.5) is 4.39 Å². The number of sulfonamides is 1. The number of fused-ring (bicyclic) bond motifs is 1. The van der Waals surface area contributed by atoms with Crippen LogP contribution in [-0.2, 0) is 27.7 Å². The highest BCUT2D eigenvalue weighted by Crippen LogP contribution is 2.37. The zero-order valence-electron chi connectivity index (χ0n) is 23.5. The fourth-order valence-electron chi connectivity index (χ4n) is 5.31. The van der Waals surface area contributed by atoms with Crippen LogP contribution in [0, 0.1) is 5.82 Å². The molecule has 0 saturated carbocycles. The summed E-state index contributed by atoms with van der Waals surface area (Å²) in [6, 6.07) is 36.3. The lowest BCUT2D eigenvalue weighted by molar-refractivity contribution is -0.138. The monoisotopic (exact) mass is 605 g/mol. The van der Waals surface area contributed by atoms with E-state index in [9.17, 15) is 22.7 Å². The van der Waals surface area contributed by atoms with Crippen LogP contribution in [0.3, 0.4) is 0 Å². The Hall–Kier alpha value is -5.05. The van der Waals surface area contributed by atoms with Gasteiger partial charge in [-0.2, -0.15) is 4.72 Å². The van der Waals surface area contributed by atoms with Gasteiger partial charge in [0.25, 0.3) is 0 Å². The number of halogens is 1. The number of aliphatic carboxylic acids is 1. The van der Waals surface area contributed by atoms with Crippen molar-refractivity contribution in [1.29, 1.82) is 0 Å². The first kappa shape index (κ1) is 29.0. The predicted molar refractivity (Wildman–Crippen MR) is 168 cm³/mol. The van der Waals surface area contributed by atoms with E-state index in [4.69, 9.17) is 4.42 Å². The second-order valence-electron chi connectivity index (χ2n) is 10.5. The van der Waals surface area contributed by atoms with Crippen molar-refractivity contribution in [2.45, 2.75) is 23.8 Å². The molecular formula is C36H28FNO5S. The molecule has 44 heavy (non-hydrogen) atoms. The van der Waals surface area contributed by atoms with Gasteiger partial charge in [-0.1, -0.05) is 97.1 Å². The summed E-state index contributed by atoms with van der Waals surface area (Å²) in [5, 5.41) is 10.7. The summed E-state index contributed by atoms with van der Waals surface area (Å²) < 4.78 is 48.2. The van der Waals surface area contributed by atoms with Gasteiger partial charge in [0, 0.05) is 17.4 Å². The zero-order chi connectivity index (χ0) is 30.7. The number of benzene rings is 5. The fraction of sp³-hybridized carbons (Fsp3) is 0.0833. The molecule has 0 radical (unpaired) electrons. The van der Waals surface area contributed by atoms with E-state index < -0.39 is 27.9 Å². The predicted octanol–water partition coefficient (Wildman–Crippen LogP) is 7.47. The van der Waals surface area contributed by atoms with Crippen LogP contribution in [0.5, 0.6) is 0 Å². The largest absolute Gasteiger partial charge is 0.480 e. The quantitative estimate of drug-likeness (QED) is 0.169. The van der Waals surface area contributed by atoms with E-state index in [2.05, 4.69) is 22.9 Å². The lowest BCUT2D eigenvalue weighted by atomic mass is 9.96. The molecule has 2 N–H and O–H groups in total. The van der Waals surface area contributed by atoms with Gasteiger partial charge in [0.1, 0.15) is 23.2 Å². The summed E-state index contributed by atoms with van der Waals surface area (Å²) in [6.07, 6.45) is 0.456. The van der Waals surface area contributed by atoms with Crippen LogP contribution in [0.1, 0.15) is 16.9 Å². The zero-order valence-corrected chi connectivity index (χ0v) is 24.3. The molecule has 1 atom stereocenters. The maximum atomic E-state index is 13.6. The van der Waals surface area contributed by atoms with Crippen molar-refractivity contribution in [1.82, 2.24) is 4.72 Å². The van der Waals surface area contributed by atoms with Gasteiger partial charge in [0.15, 0.2) is 0 Å². The van der Waals surface area contributed by atoms with Crippen LogP contribution < -0.4 is 4.72 Å². The number of rotatable bonds is 10. The van der Waals surface area contributed by atoms with E-state index in [-0.39, 0.29) is 11.3 Å². The fourth-order valence-corrected chi connectivity index (χ4v) is 6.50. The number of hydrogen-bond donors (Lipinski definition) is 2. The smallest absolute Gasteiger partial charge is 0.322 e. The highest BCUT2D eigenvalue weighted by molar-refractivity contribution is 7.89. The molecule has 0 aliphatic rings. The van der Waals surface area contributed by atoms with E-state index in [1.807, 2.05) is 60.7 Å². The van der Waals surface area contributed by atoms with Crippen molar-refractivity contribution in [2.75, 3.05) is 0 Å². The number of nitrogens with one attached hydrogen (secondary N) is 1. The minimum atomic E-state index is -4.16. The van der Waals surface area contributed by atoms with Crippen LogP contribution >= 0.6 is 0 Å². The summed E-state index contributed by atoms with van der Waals surface area (Å²) in [4.78, 5) is 11.7. The standard InChI is InChI=1S/C36H28FNO5S/c37-29-10-6-9-25(21-29)22-32(36(39)40)38-44(41,42)30-19-17-27(18-20-30)26-13-15-28(16-14-26)35-31-11-4-5-12-33(31)43-34(35)23-24-7-2-1-3-8-24/h1-21,32,38H,22-23H2,(H,39,40)/t32-/m0/s1. The van der Waals surface area contributed by atoms with Crippen molar-refractivity contribution >= 4 is 27.0 Å². The summed E-state index contributed by atoms with van der Waals surface area (Å²) in [5.41, 5.74) is 6.07. The van der Waals surface area contributed by atoms with Gasteiger partial charge in [-0.25, -0.2) is 12.8 Å². The minimum Gasteiger partial charge on any atom is -0.480 e. The molecule has 220 valence electrons. The number of carboxylic acids is 1. The highest BCUT2D eigenvalue weighted by Gasteiger charge is 2.26. The van der Waals surface area contributed by atoms with Gasteiger partial charge in [-0.05, 0) is 64.6 Å². The average molecular weight is 606 g/mol. The number of carboxylic acid groups (broad SMARTS) is 1. The number of furan rings is 1. The maximum absolute atomic E-state index is 13.6. The Morgan fingerprint density at radius 2 is 1.36 bits per heavy atom. The third-order valence-electron chi connectivity index (χ3n) is 7.47. The van der Waals surface area contributed by atoms with Crippen molar-refractivity contribution in [3.8, 4) is 22.3 Å². The van der Waals surface area contributed by atoms with Crippen LogP contribution in [0.25, 0.3) is 33.2 Å². The molecule has 0 fully saturated rings. The number of carbonyl (C=O) groups is 1. The van der Waals surface area contributed by atoms with Gasteiger partial charge >= 0.3 is 5.97 Å². The Bertz CT molecular complexity index is 2040. The van der Waals surface area contributed by atoms with Crippen molar-refractivity contribution in [3.63, 3.8) is 0 Å². The van der Waals surface area contributed by atoms with Gasteiger partial charge in [0.2, 0.25) is 10.0 Å².